The quantitative estimate of drug-likeness (QED) is 0.313. The number of likely N-dealkylation sites (tertiary alicyclic amines) is 1. The fourth-order valence-corrected chi connectivity index (χ4v) is 11.1. The highest BCUT2D eigenvalue weighted by atomic mass is 32.2. The van der Waals surface area contributed by atoms with E-state index >= 15 is 4.79 Å². The minimum atomic E-state index is -4.18. The van der Waals surface area contributed by atoms with Crippen molar-refractivity contribution >= 4 is 32.7 Å². The molecule has 2 amide bonds. The molecule has 5 heterocycles. The van der Waals surface area contributed by atoms with Crippen LogP contribution in [0.15, 0.2) is 60.0 Å². The van der Waals surface area contributed by atoms with Crippen molar-refractivity contribution in [3.63, 3.8) is 0 Å². The number of amides is 2. The SMILES string of the molecule is COC1C2c3ccccc3-c3c(C4CCCCC4)c4ccc(C(=O)NS(=O)(=O)c5cn(C)cn5)cc4n3CC12C(=O)N1C2CCC1CN(C)C2. The zero-order valence-corrected chi connectivity index (χ0v) is 29.7. The number of carbonyl (C=O) groups excluding carboxylic acids is 2. The molecular formula is C38H44N6O5S. The summed E-state index contributed by atoms with van der Waals surface area (Å²) in [7, 11) is 1.36. The number of carbonyl (C=O) groups is 2. The van der Waals surface area contributed by atoms with E-state index in [0.29, 0.717) is 12.5 Å². The number of methoxy groups -OCH3 is 1. The molecule has 2 saturated heterocycles. The van der Waals surface area contributed by atoms with Crippen molar-refractivity contribution < 1.29 is 22.7 Å². The van der Waals surface area contributed by atoms with Gasteiger partial charge in [0.05, 0.1) is 18.1 Å². The molecule has 0 spiro atoms. The molecular weight excluding hydrogens is 653 g/mol. The van der Waals surface area contributed by atoms with E-state index in [1.54, 1.807) is 20.2 Å². The molecule has 2 aromatic carbocycles. The van der Waals surface area contributed by atoms with Crippen molar-refractivity contribution in [1.82, 2.24) is 28.6 Å². The van der Waals surface area contributed by atoms with Gasteiger partial charge in [-0.1, -0.05) is 49.6 Å². The molecule has 2 saturated carbocycles. The third-order valence-electron chi connectivity index (χ3n) is 12.3. The van der Waals surface area contributed by atoms with Crippen molar-refractivity contribution in [2.45, 2.75) is 86.5 Å². The molecule has 262 valence electrons. The Morgan fingerprint density at radius 3 is 2.42 bits per heavy atom. The zero-order chi connectivity index (χ0) is 34.5. The molecule has 0 radical (unpaired) electrons. The van der Waals surface area contributed by atoms with Crippen molar-refractivity contribution in [3.05, 3.63) is 71.7 Å². The predicted molar refractivity (Wildman–Crippen MR) is 188 cm³/mol. The van der Waals surface area contributed by atoms with Crippen LogP contribution in [-0.2, 0) is 33.1 Å². The summed E-state index contributed by atoms with van der Waals surface area (Å²) in [5, 5.41) is 0.840. The first-order valence-electron chi connectivity index (χ1n) is 18.0. The van der Waals surface area contributed by atoms with Gasteiger partial charge in [0.1, 0.15) is 5.41 Å². The van der Waals surface area contributed by atoms with E-state index in [4.69, 9.17) is 4.74 Å². The highest BCUT2D eigenvalue weighted by molar-refractivity contribution is 7.90. The van der Waals surface area contributed by atoms with Gasteiger partial charge in [-0.05, 0) is 61.9 Å². The van der Waals surface area contributed by atoms with E-state index < -0.39 is 21.3 Å². The summed E-state index contributed by atoms with van der Waals surface area (Å²) in [6, 6.07) is 14.4. The van der Waals surface area contributed by atoms with Crippen molar-refractivity contribution in [2.75, 3.05) is 27.2 Å². The van der Waals surface area contributed by atoms with Gasteiger partial charge in [0.2, 0.25) is 5.91 Å². The Hall–Kier alpha value is -4.00. The summed E-state index contributed by atoms with van der Waals surface area (Å²) in [5.41, 5.74) is 4.94. The number of aryl methyl sites for hydroxylation is 1. The Morgan fingerprint density at radius 1 is 0.980 bits per heavy atom. The van der Waals surface area contributed by atoms with E-state index in [-0.39, 0.29) is 40.6 Å². The highest BCUT2D eigenvalue weighted by Gasteiger charge is 2.74. The van der Waals surface area contributed by atoms with Gasteiger partial charge < -0.3 is 23.7 Å². The summed E-state index contributed by atoms with van der Waals surface area (Å²) >= 11 is 0. The topological polar surface area (TPSA) is 119 Å². The van der Waals surface area contributed by atoms with E-state index in [0.717, 1.165) is 79.3 Å². The summed E-state index contributed by atoms with van der Waals surface area (Å²) in [5.74, 6) is -0.304. The molecule has 2 aromatic heterocycles. The number of nitrogens with zero attached hydrogens (tertiary/aromatic N) is 5. The first-order valence-corrected chi connectivity index (χ1v) is 19.5. The van der Waals surface area contributed by atoms with Crippen LogP contribution in [0, 0.1) is 5.41 Å². The average molecular weight is 697 g/mol. The second-order valence-electron chi connectivity index (χ2n) is 15.3. The van der Waals surface area contributed by atoms with Crippen LogP contribution in [0.4, 0.5) is 0 Å². The van der Waals surface area contributed by atoms with Crippen molar-refractivity contribution in [3.8, 4) is 11.3 Å². The molecule has 3 aliphatic heterocycles. The van der Waals surface area contributed by atoms with Crippen molar-refractivity contribution in [2.24, 2.45) is 12.5 Å². The number of sulfonamides is 1. The van der Waals surface area contributed by atoms with Gasteiger partial charge >= 0.3 is 0 Å². The Kier molecular flexibility index (Phi) is 7.35. The lowest BCUT2D eigenvalue weighted by Crippen LogP contribution is -2.57. The maximum atomic E-state index is 15.2. The average Bonchev–Trinajstić information content (AvgIpc) is 3.26. The van der Waals surface area contributed by atoms with Gasteiger partial charge in [0, 0.05) is 80.0 Å². The van der Waals surface area contributed by atoms with Crippen LogP contribution in [0.2, 0.25) is 0 Å². The first-order chi connectivity index (χ1) is 24.1. The number of likely N-dealkylation sites (N-methyl/N-ethyl adjacent to an activating group) is 1. The van der Waals surface area contributed by atoms with Gasteiger partial charge in [0.15, 0.2) is 5.03 Å². The number of imidazole rings is 1. The highest BCUT2D eigenvalue weighted by Crippen LogP contribution is 2.67. The third-order valence-corrected chi connectivity index (χ3v) is 13.6. The number of fused-ring (bicyclic) bond motifs is 9. The monoisotopic (exact) mass is 696 g/mol. The fourth-order valence-electron chi connectivity index (χ4n) is 10.2. The summed E-state index contributed by atoms with van der Waals surface area (Å²) in [4.78, 5) is 37.4. The number of piperazine rings is 1. The number of benzene rings is 2. The van der Waals surface area contributed by atoms with E-state index in [2.05, 4.69) is 55.4 Å². The van der Waals surface area contributed by atoms with Crippen LogP contribution in [0.1, 0.15) is 78.3 Å². The van der Waals surface area contributed by atoms with Gasteiger partial charge in [-0.15, -0.1) is 0 Å². The van der Waals surface area contributed by atoms with Crippen LogP contribution in [0.3, 0.4) is 0 Å². The Morgan fingerprint density at radius 2 is 1.72 bits per heavy atom. The zero-order valence-electron chi connectivity index (χ0n) is 28.8. The number of hydrogen-bond donors (Lipinski definition) is 1. The molecule has 4 aromatic rings. The fraction of sp³-hybridized carbons (Fsp3) is 0.500. The Balaban J connectivity index is 1.22. The number of aromatic nitrogens is 3. The third kappa shape index (κ3) is 4.67. The van der Waals surface area contributed by atoms with Gasteiger partial charge in [-0.25, -0.2) is 9.71 Å². The lowest BCUT2D eigenvalue weighted by molar-refractivity contribution is -0.145. The number of ether oxygens (including phenoxy) is 1. The second-order valence-corrected chi connectivity index (χ2v) is 16.9. The van der Waals surface area contributed by atoms with E-state index in [1.165, 1.54) is 29.1 Å². The lowest BCUT2D eigenvalue weighted by atomic mass is 9.81. The molecule has 2 bridgehead atoms. The molecule has 4 fully saturated rings. The van der Waals surface area contributed by atoms with Gasteiger partial charge in [-0.3, -0.25) is 9.59 Å². The Labute approximate surface area is 292 Å². The summed E-state index contributed by atoms with van der Waals surface area (Å²) in [6.45, 7) is 2.17. The van der Waals surface area contributed by atoms with E-state index in [1.807, 2.05) is 12.1 Å². The summed E-state index contributed by atoms with van der Waals surface area (Å²) < 4.78 is 38.5. The lowest BCUT2D eigenvalue weighted by Gasteiger charge is -2.41. The maximum Gasteiger partial charge on any atom is 0.283 e. The van der Waals surface area contributed by atoms with Crippen LogP contribution in [0.25, 0.3) is 22.2 Å². The Bertz CT molecular complexity index is 2140. The van der Waals surface area contributed by atoms with E-state index in [9.17, 15) is 13.2 Å². The molecule has 5 aliphatic rings. The molecule has 9 rings (SSSR count). The van der Waals surface area contributed by atoms with Crippen LogP contribution < -0.4 is 4.72 Å². The minimum absolute atomic E-state index is 0.0978. The van der Waals surface area contributed by atoms with Crippen LogP contribution in [0.5, 0.6) is 0 Å². The number of nitrogens with one attached hydrogen (secondary N) is 1. The largest absolute Gasteiger partial charge is 0.380 e. The smallest absolute Gasteiger partial charge is 0.283 e. The van der Waals surface area contributed by atoms with Gasteiger partial charge in [0.25, 0.3) is 15.9 Å². The summed E-state index contributed by atoms with van der Waals surface area (Å²) in [6.07, 6.45) is 10.2. The van der Waals surface area contributed by atoms with Gasteiger partial charge in [-0.2, -0.15) is 8.42 Å². The van der Waals surface area contributed by atoms with Crippen molar-refractivity contribution in [1.29, 1.82) is 0 Å². The van der Waals surface area contributed by atoms with Crippen LogP contribution >= 0.6 is 0 Å². The molecule has 50 heavy (non-hydrogen) atoms. The molecule has 11 nitrogen and oxygen atoms in total. The number of hydrogen-bond acceptors (Lipinski definition) is 7. The number of rotatable bonds is 6. The predicted octanol–water partition coefficient (Wildman–Crippen LogP) is 4.63. The molecule has 2 aliphatic carbocycles. The normalized spacial score (nSPS) is 27.8. The first kappa shape index (κ1) is 31.9. The van der Waals surface area contributed by atoms with Crippen LogP contribution in [-0.4, -0.2) is 89.6 Å². The standard InChI is InChI=1S/C38H44N6O5S/c1-41-18-25-14-15-26(19-41)44(25)37(46)38-21-43-30-17-24(36(45)40-50(47,48)31-20-42(2)22-39-31)13-16-29(30)32(23-9-5-4-6-10-23)34(43)28-12-8-7-11-27(28)33(38)35(38)49-3/h7-8,11-13,16-17,20,22-23,25-26,33,35H,4-6,9-10,14-15,18-19,21H2,1-3H3,(H,40,45). The molecule has 1 N–H and O–H groups in total. The minimum Gasteiger partial charge on any atom is -0.380 e. The maximum absolute atomic E-state index is 15.2. The molecule has 5 atom stereocenters. The molecule has 5 unspecified atom stereocenters. The second kappa shape index (κ2) is 11.5. The molecule has 12 heteroatoms.